The van der Waals surface area contributed by atoms with E-state index in [-0.39, 0.29) is 5.91 Å². The second-order valence-electron chi connectivity index (χ2n) is 4.82. The molecule has 2 rings (SSSR count). The lowest BCUT2D eigenvalue weighted by Crippen LogP contribution is -2.29. The summed E-state index contributed by atoms with van der Waals surface area (Å²) in [6.45, 7) is 2.17. The summed E-state index contributed by atoms with van der Waals surface area (Å²) in [6.07, 6.45) is 0.976. The molecule has 1 fully saturated rings. The highest BCUT2D eigenvalue weighted by Gasteiger charge is 2.28. The van der Waals surface area contributed by atoms with Crippen molar-refractivity contribution >= 4 is 11.6 Å². The minimum absolute atomic E-state index is 0.0252. The second-order valence-corrected chi connectivity index (χ2v) is 4.82. The van der Waals surface area contributed by atoms with Gasteiger partial charge < -0.3 is 20.1 Å². The number of nitrogen functional groups attached to an aromatic ring is 1. The number of carbonyl (C=O) groups excluding carboxylic acids is 1. The molecule has 1 saturated heterocycles. The lowest BCUT2D eigenvalue weighted by Gasteiger charge is -2.18. The number of rotatable bonds is 4. The summed E-state index contributed by atoms with van der Waals surface area (Å²) in [6, 6.07) is 5.13. The zero-order valence-corrected chi connectivity index (χ0v) is 11.4. The van der Waals surface area contributed by atoms with Gasteiger partial charge in [0.25, 0.3) is 5.91 Å². The van der Waals surface area contributed by atoms with E-state index in [9.17, 15) is 4.79 Å². The number of nitrogens with two attached hydrogens (primary N) is 1. The summed E-state index contributed by atoms with van der Waals surface area (Å²) in [5, 5.41) is 0. The molecule has 1 heterocycles. The molecule has 1 atom stereocenters. The number of nitrogens with zero attached hydrogens (tertiary/aromatic N) is 1. The van der Waals surface area contributed by atoms with E-state index in [0.717, 1.165) is 19.5 Å². The van der Waals surface area contributed by atoms with Crippen LogP contribution >= 0.6 is 0 Å². The molecule has 1 aromatic rings. The van der Waals surface area contributed by atoms with Crippen molar-refractivity contribution in [1.29, 1.82) is 0 Å². The van der Waals surface area contributed by atoms with Gasteiger partial charge in [0.1, 0.15) is 5.75 Å². The van der Waals surface area contributed by atoms with Crippen molar-refractivity contribution in [2.75, 3.05) is 39.6 Å². The van der Waals surface area contributed by atoms with Gasteiger partial charge in [-0.1, -0.05) is 0 Å². The van der Waals surface area contributed by atoms with Gasteiger partial charge in [-0.15, -0.1) is 0 Å². The first kappa shape index (κ1) is 13.7. The molecule has 5 nitrogen and oxygen atoms in total. The zero-order chi connectivity index (χ0) is 13.8. The summed E-state index contributed by atoms with van der Waals surface area (Å²) in [5.41, 5.74) is 6.84. The van der Waals surface area contributed by atoms with Gasteiger partial charge >= 0.3 is 0 Å². The van der Waals surface area contributed by atoms with E-state index in [2.05, 4.69) is 0 Å². The fourth-order valence-electron chi connectivity index (χ4n) is 2.45. The Morgan fingerprint density at radius 1 is 1.47 bits per heavy atom. The normalized spacial score (nSPS) is 18.6. The molecule has 0 aromatic heterocycles. The Morgan fingerprint density at radius 2 is 2.26 bits per heavy atom. The van der Waals surface area contributed by atoms with Crippen LogP contribution in [-0.4, -0.2) is 44.7 Å². The fraction of sp³-hybridized carbons (Fsp3) is 0.500. The van der Waals surface area contributed by atoms with Crippen LogP contribution in [0.5, 0.6) is 5.75 Å². The Hall–Kier alpha value is -1.75. The summed E-state index contributed by atoms with van der Waals surface area (Å²) >= 11 is 0. The summed E-state index contributed by atoms with van der Waals surface area (Å²) in [5.74, 6) is 0.957. The maximum Gasteiger partial charge on any atom is 0.257 e. The molecule has 1 amide bonds. The van der Waals surface area contributed by atoms with E-state index >= 15 is 0 Å². The van der Waals surface area contributed by atoms with Gasteiger partial charge in [-0.2, -0.15) is 0 Å². The SMILES string of the molecule is COCC1CCN(C(=O)c2cc(N)ccc2OC)C1. The molecular formula is C14H20N2O3. The number of benzene rings is 1. The van der Waals surface area contributed by atoms with E-state index in [0.29, 0.717) is 29.5 Å². The Kier molecular flexibility index (Phi) is 4.27. The lowest BCUT2D eigenvalue weighted by molar-refractivity contribution is 0.0772. The molecular weight excluding hydrogens is 244 g/mol. The van der Waals surface area contributed by atoms with Crippen LogP contribution in [0.25, 0.3) is 0 Å². The number of methoxy groups -OCH3 is 2. The summed E-state index contributed by atoms with van der Waals surface area (Å²) in [7, 11) is 3.24. The standard InChI is InChI=1S/C14H20N2O3/c1-18-9-10-5-6-16(8-10)14(17)12-7-11(15)3-4-13(12)19-2/h3-4,7,10H,5-6,8-9,15H2,1-2H3. The number of hydrogen-bond donors (Lipinski definition) is 1. The molecule has 1 aliphatic heterocycles. The van der Waals surface area contributed by atoms with Crippen LogP contribution in [0.4, 0.5) is 5.69 Å². The smallest absolute Gasteiger partial charge is 0.257 e. The molecule has 1 unspecified atom stereocenters. The van der Waals surface area contributed by atoms with Crippen LogP contribution in [0.3, 0.4) is 0 Å². The van der Waals surface area contributed by atoms with E-state index < -0.39 is 0 Å². The number of carbonyl (C=O) groups is 1. The Bertz CT molecular complexity index is 462. The van der Waals surface area contributed by atoms with E-state index in [1.54, 1.807) is 32.4 Å². The Labute approximate surface area is 113 Å². The van der Waals surface area contributed by atoms with Crippen LogP contribution < -0.4 is 10.5 Å². The van der Waals surface area contributed by atoms with Gasteiger partial charge in [0.15, 0.2) is 0 Å². The monoisotopic (exact) mass is 264 g/mol. The van der Waals surface area contributed by atoms with Crippen molar-refractivity contribution in [3.8, 4) is 5.75 Å². The third kappa shape index (κ3) is 2.98. The fourth-order valence-corrected chi connectivity index (χ4v) is 2.45. The maximum absolute atomic E-state index is 12.5. The minimum atomic E-state index is -0.0252. The van der Waals surface area contributed by atoms with Gasteiger partial charge in [-0.05, 0) is 24.6 Å². The van der Waals surface area contributed by atoms with Crippen LogP contribution in [-0.2, 0) is 4.74 Å². The maximum atomic E-state index is 12.5. The summed E-state index contributed by atoms with van der Waals surface area (Å²) < 4.78 is 10.4. The molecule has 5 heteroatoms. The van der Waals surface area contributed by atoms with Crippen molar-refractivity contribution in [2.45, 2.75) is 6.42 Å². The molecule has 0 aliphatic carbocycles. The number of hydrogen-bond acceptors (Lipinski definition) is 4. The minimum Gasteiger partial charge on any atom is -0.496 e. The van der Waals surface area contributed by atoms with E-state index in [1.807, 2.05) is 4.90 Å². The average molecular weight is 264 g/mol. The largest absolute Gasteiger partial charge is 0.496 e. The first-order valence-corrected chi connectivity index (χ1v) is 6.37. The van der Waals surface area contributed by atoms with Gasteiger partial charge in [-0.3, -0.25) is 4.79 Å². The van der Waals surface area contributed by atoms with Crippen molar-refractivity contribution in [2.24, 2.45) is 5.92 Å². The quantitative estimate of drug-likeness (QED) is 0.835. The predicted octanol–water partition coefficient (Wildman–Crippen LogP) is 1.39. The predicted molar refractivity (Wildman–Crippen MR) is 73.3 cm³/mol. The Balaban J connectivity index is 2.14. The molecule has 0 saturated carbocycles. The van der Waals surface area contributed by atoms with E-state index in [4.69, 9.17) is 15.2 Å². The highest BCUT2D eigenvalue weighted by atomic mass is 16.5. The average Bonchev–Trinajstić information content (AvgIpc) is 2.87. The van der Waals surface area contributed by atoms with Gasteiger partial charge in [0, 0.05) is 31.8 Å². The molecule has 1 aromatic carbocycles. The summed E-state index contributed by atoms with van der Waals surface area (Å²) in [4.78, 5) is 14.3. The third-order valence-corrected chi connectivity index (χ3v) is 3.43. The molecule has 19 heavy (non-hydrogen) atoms. The van der Waals surface area contributed by atoms with Crippen LogP contribution in [0.2, 0.25) is 0 Å². The zero-order valence-electron chi connectivity index (χ0n) is 11.4. The third-order valence-electron chi connectivity index (χ3n) is 3.43. The van der Waals surface area contributed by atoms with E-state index in [1.165, 1.54) is 0 Å². The van der Waals surface area contributed by atoms with Crippen molar-refractivity contribution in [3.63, 3.8) is 0 Å². The van der Waals surface area contributed by atoms with Crippen molar-refractivity contribution < 1.29 is 14.3 Å². The molecule has 0 radical (unpaired) electrons. The first-order chi connectivity index (χ1) is 9.15. The molecule has 0 bridgehead atoms. The van der Waals surface area contributed by atoms with Crippen LogP contribution in [0.1, 0.15) is 16.8 Å². The molecule has 1 aliphatic rings. The number of anilines is 1. The number of likely N-dealkylation sites (tertiary alicyclic amines) is 1. The topological polar surface area (TPSA) is 64.8 Å². The number of amides is 1. The Morgan fingerprint density at radius 3 is 2.95 bits per heavy atom. The molecule has 0 spiro atoms. The van der Waals surface area contributed by atoms with Gasteiger partial charge in [0.05, 0.1) is 19.3 Å². The second kappa shape index (κ2) is 5.93. The van der Waals surface area contributed by atoms with Crippen molar-refractivity contribution in [1.82, 2.24) is 4.90 Å². The van der Waals surface area contributed by atoms with Gasteiger partial charge in [-0.25, -0.2) is 0 Å². The van der Waals surface area contributed by atoms with Crippen LogP contribution in [0, 0.1) is 5.92 Å². The highest BCUT2D eigenvalue weighted by Crippen LogP contribution is 2.25. The molecule has 104 valence electrons. The first-order valence-electron chi connectivity index (χ1n) is 6.37. The van der Waals surface area contributed by atoms with Crippen molar-refractivity contribution in [3.05, 3.63) is 23.8 Å². The lowest BCUT2D eigenvalue weighted by atomic mass is 10.1. The molecule has 2 N–H and O–H groups in total. The number of ether oxygens (including phenoxy) is 2. The highest BCUT2D eigenvalue weighted by molar-refractivity contribution is 5.98. The van der Waals surface area contributed by atoms with Gasteiger partial charge in [0.2, 0.25) is 0 Å². The van der Waals surface area contributed by atoms with Crippen LogP contribution in [0.15, 0.2) is 18.2 Å².